The molecule has 3 aromatic rings. The summed E-state index contributed by atoms with van der Waals surface area (Å²) in [4.78, 5) is 13.5. The molecule has 3 aromatic carbocycles. The maximum absolute atomic E-state index is 13.5. The van der Waals surface area contributed by atoms with Gasteiger partial charge >= 0.3 is 0 Å². The molecule has 0 amide bonds. The number of benzene rings is 3. The lowest BCUT2D eigenvalue weighted by Gasteiger charge is -2.45. The molecule has 0 spiro atoms. The lowest BCUT2D eigenvalue weighted by atomic mass is 9.87. The van der Waals surface area contributed by atoms with Crippen LogP contribution in [0.15, 0.2) is 103 Å². The second-order valence-corrected chi connectivity index (χ2v) is 15.6. The molecular weight excluding hydrogens is 468 g/mol. The van der Waals surface area contributed by atoms with Gasteiger partial charge in [-0.25, -0.2) is 0 Å². The molecule has 0 aliphatic heterocycles. The molecule has 0 radical (unpaired) electrons. The fraction of sp³-hybridized carbons (Fsp3) is 0.382. The van der Waals surface area contributed by atoms with E-state index in [1.54, 1.807) is 0 Å². The van der Waals surface area contributed by atoms with Crippen LogP contribution in [0.1, 0.15) is 65.9 Å². The molecule has 0 heterocycles. The molecule has 0 unspecified atom stereocenters. The minimum atomic E-state index is -2.68. The van der Waals surface area contributed by atoms with E-state index in [2.05, 4.69) is 107 Å². The molecule has 0 aromatic heterocycles. The first kappa shape index (κ1) is 28.8. The number of carbonyl (C=O) groups is 1. The molecule has 0 aliphatic carbocycles. The second kappa shape index (κ2) is 13.2. The van der Waals surface area contributed by atoms with Crippen LogP contribution in [-0.2, 0) is 15.6 Å². The van der Waals surface area contributed by atoms with Gasteiger partial charge in [0.15, 0.2) is 0 Å². The predicted octanol–water partition coefficient (Wildman–Crippen LogP) is 7.52. The largest absolute Gasteiger partial charge is 0.404 e. The van der Waals surface area contributed by atoms with E-state index in [4.69, 9.17) is 4.43 Å². The summed E-state index contributed by atoms with van der Waals surface area (Å²) < 4.78 is 7.41. The number of allylic oxidation sites excluding steroid dienone is 1. The molecule has 0 bridgehead atoms. The molecule has 0 saturated carbocycles. The first-order valence-corrected chi connectivity index (χ1v) is 15.6. The molecular formula is C34H44O2Si. The van der Waals surface area contributed by atoms with E-state index in [1.165, 1.54) is 15.9 Å². The lowest BCUT2D eigenvalue weighted by Crippen LogP contribution is -2.67. The van der Waals surface area contributed by atoms with Crippen molar-refractivity contribution in [2.75, 3.05) is 0 Å². The van der Waals surface area contributed by atoms with Crippen LogP contribution < -0.4 is 10.4 Å². The van der Waals surface area contributed by atoms with Gasteiger partial charge in [-0.3, -0.25) is 4.79 Å². The zero-order valence-corrected chi connectivity index (χ0v) is 24.4. The van der Waals surface area contributed by atoms with Gasteiger partial charge in [-0.1, -0.05) is 124 Å². The fourth-order valence-corrected chi connectivity index (χ4v) is 10.2. The molecule has 196 valence electrons. The van der Waals surface area contributed by atoms with Crippen LogP contribution in [0.4, 0.5) is 0 Å². The van der Waals surface area contributed by atoms with Crippen molar-refractivity contribution in [3.8, 4) is 0 Å². The average molecular weight is 513 g/mol. The first-order valence-electron chi connectivity index (χ1n) is 13.7. The highest BCUT2D eigenvalue weighted by atomic mass is 28.4. The third-order valence-corrected chi connectivity index (χ3v) is 12.4. The standard InChI is InChI=1S/C34H44O2Si/c1-7-30(26-29(25-27(2)3)33(35)24-23-28-17-11-8-12-18-28)36-37(34(4,5)6,31-19-13-9-14-20-31)32-21-15-10-16-22-32/h8-22,29-30H,2,7,23-26H2,1,3-6H3/t29-,30-/m1/s1. The minimum absolute atomic E-state index is 0.0173. The van der Waals surface area contributed by atoms with Crippen LogP contribution in [0.2, 0.25) is 5.04 Å². The summed E-state index contributed by atoms with van der Waals surface area (Å²) in [6.45, 7) is 15.3. The van der Waals surface area contributed by atoms with Crippen molar-refractivity contribution in [2.24, 2.45) is 5.92 Å². The number of Topliss-reactive ketones (excluding diaryl/α,β-unsaturated/α-hetero) is 1. The van der Waals surface area contributed by atoms with Crippen LogP contribution in [0.5, 0.6) is 0 Å². The van der Waals surface area contributed by atoms with Gasteiger partial charge in [0.05, 0.1) is 0 Å². The van der Waals surface area contributed by atoms with Gasteiger partial charge in [-0.15, -0.1) is 6.58 Å². The number of ketones is 1. The first-order chi connectivity index (χ1) is 17.7. The highest BCUT2D eigenvalue weighted by Crippen LogP contribution is 2.39. The van der Waals surface area contributed by atoms with E-state index < -0.39 is 8.32 Å². The van der Waals surface area contributed by atoms with Crippen molar-refractivity contribution >= 4 is 24.5 Å². The van der Waals surface area contributed by atoms with Gasteiger partial charge in [-0.05, 0) is 53.6 Å². The van der Waals surface area contributed by atoms with Crippen LogP contribution in [-0.4, -0.2) is 20.2 Å². The van der Waals surface area contributed by atoms with Crippen molar-refractivity contribution < 1.29 is 9.22 Å². The quantitative estimate of drug-likeness (QED) is 0.175. The Kier molecular flexibility index (Phi) is 10.3. The summed E-state index contributed by atoms with van der Waals surface area (Å²) in [6, 6.07) is 31.8. The lowest BCUT2D eigenvalue weighted by molar-refractivity contribution is -0.123. The SMILES string of the molecule is C=C(C)C[C@H](C[C@@H](CC)O[Si](c1ccccc1)(c1ccccc1)C(C)(C)C)C(=O)CCc1ccccc1. The topological polar surface area (TPSA) is 26.3 Å². The van der Waals surface area contributed by atoms with Crippen LogP contribution in [0, 0.1) is 5.92 Å². The number of aryl methyl sites for hydroxylation is 1. The van der Waals surface area contributed by atoms with Crippen molar-refractivity contribution in [1.29, 1.82) is 0 Å². The van der Waals surface area contributed by atoms with E-state index >= 15 is 0 Å². The number of carbonyl (C=O) groups excluding carboxylic acids is 1. The number of hydrogen-bond donors (Lipinski definition) is 0. The average Bonchev–Trinajstić information content (AvgIpc) is 2.89. The van der Waals surface area contributed by atoms with E-state index in [1.807, 2.05) is 25.1 Å². The number of hydrogen-bond acceptors (Lipinski definition) is 2. The van der Waals surface area contributed by atoms with Crippen LogP contribution >= 0.6 is 0 Å². The Morgan fingerprint density at radius 2 is 1.35 bits per heavy atom. The monoisotopic (exact) mass is 512 g/mol. The fourth-order valence-electron chi connectivity index (χ4n) is 5.42. The Morgan fingerprint density at radius 1 is 0.865 bits per heavy atom. The van der Waals surface area contributed by atoms with Gasteiger partial charge < -0.3 is 4.43 Å². The third kappa shape index (κ3) is 7.40. The minimum Gasteiger partial charge on any atom is -0.404 e. The summed E-state index contributed by atoms with van der Waals surface area (Å²) in [5, 5.41) is 2.46. The smallest absolute Gasteiger partial charge is 0.261 e. The van der Waals surface area contributed by atoms with Gasteiger partial charge in [0.2, 0.25) is 0 Å². The highest BCUT2D eigenvalue weighted by Gasteiger charge is 2.51. The molecule has 0 saturated heterocycles. The van der Waals surface area contributed by atoms with E-state index in [9.17, 15) is 4.79 Å². The van der Waals surface area contributed by atoms with Crippen molar-refractivity contribution in [3.63, 3.8) is 0 Å². The Morgan fingerprint density at radius 3 is 1.78 bits per heavy atom. The molecule has 2 atom stereocenters. The van der Waals surface area contributed by atoms with Crippen molar-refractivity contribution in [1.82, 2.24) is 0 Å². The molecule has 2 nitrogen and oxygen atoms in total. The van der Waals surface area contributed by atoms with Crippen molar-refractivity contribution in [2.45, 2.75) is 77.9 Å². The van der Waals surface area contributed by atoms with E-state index in [0.29, 0.717) is 18.6 Å². The molecule has 0 N–H and O–H groups in total. The summed E-state index contributed by atoms with van der Waals surface area (Å²) in [7, 11) is -2.68. The van der Waals surface area contributed by atoms with Gasteiger partial charge in [0.1, 0.15) is 5.78 Å². The zero-order valence-electron chi connectivity index (χ0n) is 23.4. The van der Waals surface area contributed by atoms with Gasteiger partial charge in [-0.2, -0.15) is 0 Å². The maximum Gasteiger partial charge on any atom is 0.261 e. The summed E-state index contributed by atoms with van der Waals surface area (Å²) in [6.07, 6.45) is 3.62. The molecule has 37 heavy (non-hydrogen) atoms. The van der Waals surface area contributed by atoms with Gasteiger partial charge in [0, 0.05) is 18.4 Å². The van der Waals surface area contributed by atoms with Gasteiger partial charge in [0.25, 0.3) is 8.32 Å². The van der Waals surface area contributed by atoms with Crippen LogP contribution in [0.25, 0.3) is 0 Å². The molecule has 0 fully saturated rings. The Bertz CT molecular complexity index is 1080. The van der Waals surface area contributed by atoms with E-state index in [0.717, 1.165) is 24.8 Å². The highest BCUT2D eigenvalue weighted by molar-refractivity contribution is 6.99. The second-order valence-electron chi connectivity index (χ2n) is 11.4. The van der Waals surface area contributed by atoms with Crippen LogP contribution in [0.3, 0.4) is 0 Å². The Hall–Kier alpha value is -2.75. The molecule has 0 aliphatic rings. The number of rotatable bonds is 13. The van der Waals surface area contributed by atoms with Crippen molar-refractivity contribution in [3.05, 3.63) is 109 Å². The summed E-state index contributed by atoms with van der Waals surface area (Å²) >= 11 is 0. The normalized spacial score (nSPS) is 13.6. The zero-order chi connectivity index (χ0) is 26.9. The summed E-state index contributed by atoms with van der Waals surface area (Å²) in [5.74, 6) is 0.237. The molecule has 3 rings (SSSR count). The Balaban J connectivity index is 1.93. The maximum atomic E-state index is 13.5. The third-order valence-electron chi connectivity index (χ3n) is 7.32. The Labute approximate surface area is 225 Å². The van der Waals surface area contributed by atoms with E-state index in [-0.39, 0.29) is 17.1 Å². The molecule has 3 heteroatoms. The summed E-state index contributed by atoms with van der Waals surface area (Å²) in [5.41, 5.74) is 2.26. The predicted molar refractivity (Wildman–Crippen MR) is 160 cm³/mol.